The van der Waals surface area contributed by atoms with Crippen molar-refractivity contribution in [1.29, 1.82) is 0 Å². The van der Waals surface area contributed by atoms with E-state index in [4.69, 9.17) is 14.2 Å². The highest BCUT2D eigenvalue weighted by atomic mass is 79.9. The monoisotopic (exact) mass is 488 g/mol. The van der Waals surface area contributed by atoms with Crippen molar-refractivity contribution in [3.05, 3.63) is 58.2 Å². The molecule has 0 spiro atoms. The molecule has 3 rings (SSSR count). The molecular weight excluding hydrogens is 468 g/mol. The fourth-order valence-corrected chi connectivity index (χ4v) is 3.25. The second kappa shape index (κ2) is 10.6. The van der Waals surface area contributed by atoms with Gasteiger partial charge in [0.05, 0.1) is 13.7 Å². The highest BCUT2D eigenvalue weighted by molar-refractivity contribution is 9.10. The average molecular weight is 489 g/mol. The maximum Gasteiger partial charge on any atom is 0.361 e. The van der Waals surface area contributed by atoms with Crippen molar-refractivity contribution in [3.63, 3.8) is 0 Å². The number of amides is 1. The van der Waals surface area contributed by atoms with Gasteiger partial charge in [0.2, 0.25) is 0 Å². The summed E-state index contributed by atoms with van der Waals surface area (Å²) in [6.45, 7) is 2.14. The van der Waals surface area contributed by atoms with Gasteiger partial charge in [-0.25, -0.2) is 4.79 Å². The van der Waals surface area contributed by atoms with Crippen LogP contribution in [-0.4, -0.2) is 47.6 Å². The summed E-state index contributed by atoms with van der Waals surface area (Å²) in [5.41, 5.74) is 1.90. The van der Waals surface area contributed by atoms with E-state index in [1.807, 2.05) is 30.3 Å². The lowest BCUT2D eigenvalue weighted by Gasteiger charge is -2.13. The number of carbonyl (C=O) groups excluding carboxylic acids is 2. The Morgan fingerprint density at radius 1 is 1.13 bits per heavy atom. The van der Waals surface area contributed by atoms with Crippen LogP contribution in [0, 0.1) is 0 Å². The quantitative estimate of drug-likeness (QED) is 0.444. The van der Waals surface area contributed by atoms with E-state index in [-0.39, 0.29) is 24.8 Å². The van der Waals surface area contributed by atoms with E-state index in [1.165, 1.54) is 7.11 Å². The number of nitrogens with one attached hydrogen (secondary N) is 2. The summed E-state index contributed by atoms with van der Waals surface area (Å²) in [7, 11) is 1.48. The Bertz CT molecular complexity index is 1060. The molecule has 1 aromatic heterocycles. The second-order valence-electron chi connectivity index (χ2n) is 6.28. The zero-order chi connectivity index (χ0) is 22.2. The van der Waals surface area contributed by atoms with Crippen molar-refractivity contribution >= 4 is 27.8 Å². The number of halogens is 1. The van der Waals surface area contributed by atoms with E-state index in [9.17, 15) is 9.59 Å². The summed E-state index contributed by atoms with van der Waals surface area (Å²) in [6.07, 6.45) is 0. The SMILES string of the molecule is CCOC(=O)c1n[nH]nc1-c1cc(OC)c(OCC(=O)NCc2ccccc2)cc1Br. The summed E-state index contributed by atoms with van der Waals surface area (Å²) in [6, 6.07) is 12.9. The molecule has 0 unspecified atom stereocenters. The van der Waals surface area contributed by atoms with Gasteiger partial charge in [0.25, 0.3) is 5.91 Å². The molecule has 0 aliphatic heterocycles. The van der Waals surface area contributed by atoms with Crippen LogP contribution >= 0.6 is 15.9 Å². The van der Waals surface area contributed by atoms with Gasteiger partial charge in [-0.3, -0.25) is 4.79 Å². The maximum absolute atomic E-state index is 12.1. The van der Waals surface area contributed by atoms with Crippen molar-refractivity contribution < 1.29 is 23.8 Å². The first-order valence-electron chi connectivity index (χ1n) is 9.42. The van der Waals surface area contributed by atoms with E-state index in [0.29, 0.717) is 33.8 Å². The Balaban J connectivity index is 1.72. The third kappa shape index (κ3) is 5.60. The predicted molar refractivity (Wildman–Crippen MR) is 116 cm³/mol. The van der Waals surface area contributed by atoms with Crippen LogP contribution in [0.5, 0.6) is 11.5 Å². The minimum atomic E-state index is -0.590. The number of aromatic nitrogens is 3. The molecule has 1 amide bonds. The smallest absolute Gasteiger partial charge is 0.361 e. The van der Waals surface area contributed by atoms with E-state index in [1.54, 1.807) is 19.1 Å². The number of aromatic amines is 1. The van der Waals surface area contributed by atoms with Crippen molar-refractivity contribution in [2.45, 2.75) is 13.5 Å². The molecule has 2 N–H and O–H groups in total. The minimum Gasteiger partial charge on any atom is -0.493 e. The Morgan fingerprint density at radius 3 is 2.61 bits per heavy atom. The van der Waals surface area contributed by atoms with Crippen molar-refractivity contribution in [2.75, 3.05) is 20.3 Å². The van der Waals surface area contributed by atoms with Crippen LogP contribution in [0.25, 0.3) is 11.3 Å². The molecular formula is C21H21BrN4O5. The lowest BCUT2D eigenvalue weighted by molar-refractivity contribution is -0.123. The molecule has 0 aliphatic carbocycles. The number of carbonyl (C=O) groups is 2. The number of esters is 1. The van der Waals surface area contributed by atoms with E-state index in [0.717, 1.165) is 5.56 Å². The van der Waals surface area contributed by atoms with Crippen LogP contribution in [-0.2, 0) is 16.1 Å². The molecule has 2 aromatic carbocycles. The van der Waals surface area contributed by atoms with Gasteiger partial charge in [0.1, 0.15) is 5.69 Å². The predicted octanol–water partition coefficient (Wildman–Crippen LogP) is 3.11. The average Bonchev–Trinajstić information content (AvgIpc) is 3.27. The number of nitrogens with zero attached hydrogens (tertiary/aromatic N) is 2. The normalized spacial score (nSPS) is 10.4. The first-order valence-corrected chi connectivity index (χ1v) is 10.2. The molecule has 0 aliphatic rings. The van der Waals surface area contributed by atoms with Crippen LogP contribution in [0.4, 0.5) is 0 Å². The lowest BCUT2D eigenvalue weighted by atomic mass is 10.1. The highest BCUT2D eigenvalue weighted by Gasteiger charge is 2.23. The van der Waals surface area contributed by atoms with Crippen LogP contribution in [0.1, 0.15) is 23.0 Å². The molecule has 9 nitrogen and oxygen atoms in total. The molecule has 1 heterocycles. The topological polar surface area (TPSA) is 115 Å². The van der Waals surface area contributed by atoms with Crippen LogP contribution in [0.2, 0.25) is 0 Å². The lowest BCUT2D eigenvalue weighted by Crippen LogP contribution is -2.28. The number of rotatable bonds is 9. The Kier molecular flexibility index (Phi) is 7.60. The Morgan fingerprint density at radius 2 is 1.90 bits per heavy atom. The van der Waals surface area contributed by atoms with Gasteiger partial charge in [-0.15, -0.1) is 5.10 Å². The first-order chi connectivity index (χ1) is 15.0. The van der Waals surface area contributed by atoms with Crippen molar-refractivity contribution in [3.8, 4) is 22.8 Å². The van der Waals surface area contributed by atoms with E-state index in [2.05, 4.69) is 36.7 Å². The number of H-pyrrole nitrogens is 1. The minimum absolute atomic E-state index is 0.0542. The molecule has 162 valence electrons. The summed E-state index contributed by atoms with van der Waals surface area (Å²) < 4.78 is 16.6. The zero-order valence-electron chi connectivity index (χ0n) is 17.0. The third-order valence-electron chi connectivity index (χ3n) is 4.22. The van der Waals surface area contributed by atoms with Gasteiger partial charge in [-0.1, -0.05) is 30.3 Å². The molecule has 0 bridgehead atoms. The second-order valence-corrected chi connectivity index (χ2v) is 7.13. The molecule has 0 saturated heterocycles. The number of benzene rings is 2. The Hall–Kier alpha value is -3.40. The van der Waals surface area contributed by atoms with Crippen LogP contribution < -0.4 is 14.8 Å². The van der Waals surface area contributed by atoms with Gasteiger partial charge in [-0.2, -0.15) is 10.3 Å². The third-order valence-corrected chi connectivity index (χ3v) is 4.87. The van der Waals surface area contributed by atoms with Crippen LogP contribution in [0.15, 0.2) is 46.9 Å². The summed E-state index contributed by atoms with van der Waals surface area (Å²) in [5.74, 6) is -0.138. The first kappa shape index (κ1) is 22.3. The number of methoxy groups -OCH3 is 1. The number of hydrogen-bond donors (Lipinski definition) is 2. The van der Waals surface area contributed by atoms with Gasteiger partial charge in [0, 0.05) is 16.6 Å². The Labute approximate surface area is 187 Å². The zero-order valence-corrected chi connectivity index (χ0v) is 18.6. The number of ether oxygens (including phenoxy) is 3. The summed E-state index contributed by atoms with van der Waals surface area (Å²) in [4.78, 5) is 24.3. The fraction of sp³-hybridized carbons (Fsp3) is 0.238. The number of hydrogen-bond acceptors (Lipinski definition) is 7. The molecule has 0 saturated carbocycles. The maximum atomic E-state index is 12.1. The van der Waals surface area contributed by atoms with Gasteiger partial charge < -0.3 is 19.5 Å². The molecule has 3 aromatic rings. The molecule has 31 heavy (non-hydrogen) atoms. The molecule has 0 fully saturated rings. The molecule has 0 atom stereocenters. The van der Waals surface area contributed by atoms with Gasteiger partial charge in [0.15, 0.2) is 23.8 Å². The van der Waals surface area contributed by atoms with E-state index >= 15 is 0 Å². The van der Waals surface area contributed by atoms with Gasteiger partial charge in [-0.05, 0) is 40.5 Å². The molecule has 0 radical (unpaired) electrons. The summed E-state index contributed by atoms with van der Waals surface area (Å²) >= 11 is 3.45. The van der Waals surface area contributed by atoms with Crippen molar-refractivity contribution in [1.82, 2.24) is 20.7 Å². The van der Waals surface area contributed by atoms with E-state index < -0.39 is 5.97 Å². The summed E-state index contributed by atoms with van der Waals surface area (Å²) in [5, 5.41) is 13.2. The highest BCUT2D eigenvalue weighted by Crippen LogP contribution is 2.38. The standard InChI is InChI=1S/C21H21BrN4O5/c1-3-30-21(28)20-19(24-26-25-20)14-9-16(29-2)17(10-15(14)22)31-12-18(27)23-11-13-7-5-4-6-8-13/h4-10H,3,11-12H2,1-2H3,(H,23,27)(H,24,25,26). The largest absolute Gasteiger partial charge is 0.493 e. The van der Waals surface area contributed by atoms with Crippen LogP contribution in [0.3, 0.4) is 0 Å². The fourth-order valence-electron chi connectivity index (χ4n) is 2.74. The van der Waals surface area contributed by atoms with Crippen molar-refractivity contribution in [2.24, 2.45) is 0 Å². The molecule has 10 heteroatoms. The van der Waals surface area contributed by atoms with Gasteiger partial charge >= 0.3 is 5.97 Å².